The Balaban J connectivity index is 2.28. The lowest BCUT2D eigenvalue weighted by atomic mass is 10.0. The molecule has 0 aromatic rings. The van der Waals surface area contributed by atoms with Crippen molar-refractivity contribution < 1.29 is 4.48 Å². The monoisotopic (exact) mass is 152 g/mol. The smallest absolute Gasteiger partial charge is 0.108 e. The summed E-state index contributed by atoms with van der Waals surface area (Å²) in [6, 6.07) is 0. The van der Waals surface area contributed by atoms with E-state index in [1.165, 1.54) is 25.7 Å². The molecule has 2 bridgehead atoms. The minimum absolute atomic E-state index is 1.03. The molecule has 0 aromatic carbocycles. The summed E-state index contributed by atoms with van der Waals surface area (Å²) in [6.07, 6.45) is 5.68. The highest BCUT2D eigenvalue weighted by molar-refractivity contribution is 5.21. The molecule has 1 heteroatoms. The van der Waals surface area contributed by atoms with Crippen molar-refractivity contribution in [3.8, 4) is 0 Å². The maximum atomic E-state index is 2.29. The predicted molar refractivity (Wildman–Crippen MR) is 47.0 cm³/mol. The van der Waals surface area contributed by atoms with Gasteiger partial charge in [-0.1, -0.05) is 0 Å². The Hall–Kier alpha value is -0.300. The van der Waals surface area contributed by atoms with E-state index in [4.69, 9.17) is 0 Å². The second kappa shape index (κ2) is 2.10. The summed E-state index contributed by atoms with van der Waals surface area (Å²) in [4.78, 5) is 0. The second-order valence-electron chi connectivity index (χ2n) is 4.88. The highest BCUT2D eigenvalue weighted by Gasteiger charge is 2.36. The van der Waals surface area contributed by atoms with Gasteiger partial charge in [0.25, 0.3) is 0 Å². The van der Waals surface area contributed by atoms with Gasteiger partial charge in [0.2, 0.25) is 0 Å². The molecule has 1 nitrogen and oxygen atoms in total. The van der Waals surface area contributed by atoms with E-state index in [1.54, 1.807) is 11.3 Å². The van der Waals surface area contributed by atoms with Crippen molar-refractivity contribution in [2.24, 2.45) is 5.92 Å². The Labute approximate surface area is 69.3 Å². The molecule has 0 amide bonds. The predicted octanol–water partition coefficient (Wildman–Crippen LogP) is 2.15. The van der Waals surface area contributed by atoms with Gasteiger partial charge in [-0.25, -0.2) is 0 Å². The molecule has 2 rings (SSSR count). The topological polar surface area (TPSA) is 0 Å². The van der Waals surface area contributed by atoms with Gasteiger partial charge in [0.15, 0.2) is 0 Å². The van der Waals surface area contributed by atoms with Gasteiger partial charge in [-0.15, -0.1) is 0 Å². The molecule has 11 heavy (non-hydrogen) atoms. The molecular weight excluding hydrogens is 134 g/mol. The highest BCUT2D eigenvalue weighted by Crippen LogP contribution is 2.45. The number of fused-ring (bicyclic) bond motifs is 2. The average Bonchev–Trinajstić information content (AvgIpc) is 2.42. The highest BCUT2D eigenvalue weighted by atomic mass is 15.3. The first-order valence-electron chi connectivity index (χ1n) is 4.60. The minimum atomic E-state index is 1.03. The maximum Gasteiger partial charge on any atom is 0.108 e. The Morgan fingerprint density at radius 3 is 2.18 bits per heavy atom. The normalized spacial score (nSPS) is 30.3. The molecule has 1 unspecified atom stereocenters. The molecule has 1 atom stereocenters. The van der Waals surface area contributed by atoms with Gasteiger partial charge < -0.3 is 4.48 Å². The minimum Gasteiger partial charge on any atom is -0.302 e. The van der Waals surface area contributed by atoms with E-state index in [2.05, 4.69) is 21.1 Å². The van der Waals surface area contributed by atoms with E-state index in [9.17, 15) is 0 Å². The van der Waals surface area contributed by atoms with Gasteiger partial charge in [0, 0.05) is 6.42 Å². The zero-order chi connectivity index (χ0) is 8.06. The fraction of sp³-hybridized carbons (Fsp3) is 0.800. The molecule has 1 fully saturated rings. The van der Waals surface area contributed by atoms with Crippen LogP contribution in [0.1, 0.15) is 25.7 Å². The Kier molecular flexibility index (Phi) is 1.40. The van der Waals surface area contributed by atoms with E-state index in [1.807, 2.05) is 0 Å². The van der Waals surface area contributed by atoms with Crippen LogP contribution in [0.3, 0.4) is 0 Å². The lowest BCUT2D eigenvalue weighted by molar-refractivity contribution is -0.833. The summed E-state index contributed by atoms with van der Waals surface area (Å²) in [5.41, 5.74) is 3.50. The van der Waals surface area contributed by atoms with Crippen molar-refractivity contribution in [2.45, 2.75) is 25.7 Å². The fourth-order valence-electron chi connectivity index (χ4n) is 2.53. The second-order valence-corrected chi connectivity index (χ2v) is 4.88. The number of nitrogens with zero attached hydrogens (tertiary/aromatic N) is 1. The van der Waals surface area contributed by atoms with Crippen LogP contribution in [0, 0.1) is 5.92 Å². The van der Waals surface area contributed by atoms with Gasteiger partial charge in [-0.2, -0.15) is 0 Å². The number of quaternary nitrogens is 1. The molecule has 2 aliphatic carbocycles. The van der Waals surface area contributed by atoms with Crippen molar-refractivity contribution in [3.63, 3.8) is 0 Å². The van der Waals surface area contributed by atoms with Crippen LogP contribution in [-0.2, 0) is 0 Å². The third kappa shape index (κ3) is 1.12. The third-order valence-electron chi connectivity index (χ3n) is 3.09. The molecule has 0 saturated heterocycles. The van der Waals surface area contributed by atoms with Gasteiger partial charge in [0.05, 0.1) is 21.1 Å². The molecule has 1 saturated carbocycles. The zero-order valence-electron chi connectivity index (χ0n) is 7.85. The van der Waals surface area contributed by atoms with E-state index in [0.717, 1.165) is 10.4 Å². The summed E-state index contributed by atoms with van der Waals surface area (Å²) in [5.74, 6) is 1.03. The molecule has 0 aromatic heterocycles. The molecule has 0 heterocycles. The molecule has 0 N–H and O–H groups in total. The van der Waals surface area contributed by atoms with Gasteiger partial charge in [0.1, 0.15) is 5.70 Å². The number of rotatable bonds is 1. The van der Waals surface area contributed by atoms with Crippen molar-refractivity contribution >= 4 is 0 Å². The largest absolute Gasteiger partial charge is 0.302 e. The van der Waals surface area contributed by atoms with Crippen LogP contribution in [0.5, 0.6) is 0 Å². The molecule has 62 valence electrons. The van der Waals surface area contributed by atoms with Crippen LogP contribution < -0.4 is 0 Å². The maximum absolute atomic E-state index is 2.29. The van der Waals surface area contributed by atoms with Crippen molar-refractivity contribution in [1.29, 1.82) is 0 Å². The summed E-state index contributed by atoms with van der Waals surface area (Å²) < 4.78 is 1.08. The third-order valence-corrected chi connectivity index (χ3v) is 3.09. The van der Waals surface area contributed by atoms with Crippen molar-refractivity contribution in [2.75, 3.05) is 21.1 Å². The number of hydrogen-bond acceptors (Lipinski definition) is 0. The first-order valence-corrected chi connectivity index (χ1v) is 4.60. The standard InChI is InChI=1S/C10H18N/c1-11(2,3)10-7-8-4-5-9(10)6-8/h8H,4-7H2,1-3H3/q+1. The first kappa shape index (κ1) is 7.35. The number of hydrogen-bond donors (Lipinski definition) is 0. The van der Waals surface area contributed by atoms with Gasteiger partial charge in [-0.05, 0) is 30.8 Å². The van der Waals surface area contributed by atoms with Crippen LogP contribution in [0.4, 0.5) is 0 Å². The van der Waals surface area contributed by atoms with E-state index >= 15 is 0 Å². The molecule has 2 aliphatic rings. The Morgan fingerprint density at radius 1 is 1.18 bits per heavy atom. The van der Waals surface area contributed by atoms with Crippen LogP contribution in [0.25, 0.3) is 0 Å². The Morgan fingerprint density at radius 2 is 1.91 bits per heavy atom. The number of allylic oxidation sites excluding steroid dienone is 2. The van der Waals surface area contributed by atoms with Crippen molar-refractivity contribution in [1.82, 2.24) is 0 Å². The Bertz CT molecular complexity index is 207. The molecule has 0 radical (unpaired) electrons. The van der Waals surface area contributed by atoms with Crippen molar-refractivity contribution in [3.05, 3.63) is 11.3 Å². The SMILES string of the molecule is C[N+](C)(C)C1=C2CCC(C2)C1. The lowest BCUT2D eigenvalue weighted by Gasteiger charge is -2.28. The first-order chi connectivity index (χ1) is 5.07. The van der Waals surface area contributed by atoms with Crippen LogP contribution in [-0.4, -0.2) is 25.6 Å². The van der Waals surface area contributed by atoms with Gasteiger partial charge in [-0.3, -0.25) is 0 Å². The fourth-order valence-corrected chi connectivity index (χ4v) is 2.53. The van der Waals surface area contributed by atoms with Gasteiger partial charge >= 0.3 is 0 Å². The van der Waals surface area contributed by atoms with Crippen LogP contribution in [0.15, 0.2) is 11.3 Å². The summed E-state index contributed by atoms with van der Waals surface area (Å²) >= 11 is 0. The lowest BCUT2D eigenvalue weighted by Crippen LogP contribution is -2.34. The molecular formula is C10H18N+. The van der Waals surface area contributed by atoms with Crippen LogP contribution in [0.2, 0.25) is 0 Å². The average molecular weight is 152 g/mol. The summed E-state index contributed by atoms with van der Waals surface area (Å²) in [6.45, 7) is 0. The molecule has 0 aliphatic heterocycles. The summed E-state index contributed by atoms with van der Waals surface area (Å²) in [7, 11) is 6.88. The van der Waals surface area contributed by atoms with Crippen LogP contribution >= 0.6 is 0 Å². The summed E-state index contributed by atoms with van der Waals surface area (Å²) in [5, 5.41) is 0. The molecule has 0 spiro atoms. The van der Waals surface area contributed by atoms with E-state index in [0.29, 0.717) is 0 Å². The van der Waals surface area contributed by atoms with E-state index in [-0.39, 0.29) is 0 Å². The quantitative estimate of drug-likeness (QED) is 0.505. The zero-order valence-corrected chi connectivity index (χ0v) is 7.85. The van der Waals surface area contributed by atoms with E-state index < -0.39 is 0 Å².